The van der Waals surface area contributed by atoms with E-state index in [4.69, 9.17) is 0 Å². The van der Waals surface area contributed by atoms with Gasteiger partial charge in [0, 0.05) is 5.56 Å². The van der Waals surface area contributed by atoms with Crippen molar-refractivity contribution in [1.82, 2.24) is 9.97 Å². The Morgan fingerprint density at radius 2 is 2.00 bits per heavy atom. The highest BCUT2D eigenvalue weighted by atomic mass is 16.3. The van der Waals surface area contributed by atoms with E-state index in [-0.39, 0.29) is 5.75 Å². The molecule has 25 heavy (non-hydrogen) atoms. The minimum Gasteiger partial charge on any atom is -0.507 e. The van der Waals surface area contributed by atoms with Gasteiger partial charge in [-0.25, -0.2) is 4.98 Å². The van der Waals surface area contributed by atoms with Gasteiger partial charge in [-0.2, -0.15) is 5.26 Å². The number of phenolic OH excluding ortho intramolecular Hbond substituents is 1. The number of nitrogens with zero attached hydrogens (tertiary/aromatic N) is 2. The molecule has 2 N–H and O–H groups in total. The van der Waals surface area contributed by atoms with Gasteiger partial charge in [-0.05, 0) is 47.5 Å². The standard InChI is InChI=1S/C21H15N3O/c1-13-6-8-18-19(10-13)24-21(23-18)15(12-22)11-17-16-5-3-2-4-14(16)7-9-20(17)25/h2-11,25H,1H3,(H,23,24). The monoisotopic (exact) mass is 325 g/mol. The highest BCUT2D eigenvalue weighted by Crippen LogP contribution is 2.31. The van der Waals surface area contributed by atoms with Crippen LogP contribution in [0.2, 0.25) is 0 Å². The number of hydrogen-bond donors (Lipinski definition) is 2. The van der Waals surface area contributed by atoms with Gasteiger partial charge in [0.15, 0.2) is 0 Å². The smallest absolute Gasteiger partial charge is 0.149 e. The van der Waals surface area contributed by atoms with Crippen LogP contribution in [0.1, 0.15) is 17.0 Å². The van der Waals surface area contributed by atoms with Crippen LogP contribution in [0.3, 0.4) is 0 Å². The summed E-state index contributed by atoms with van der Waals surface area (Å²) in [6.07, 6.45) is 1.68. The van der Waals surface area contributed by atoms with Crippen molar-refractivity contribution in [2.45, 2.75) is 6.92 Å². The highest BCUT2D eigenvalue weighted by molar-refractivity contribution is 6.00. The van der Waals surface area contributed by atoms with Crippen molar-refractivity contribution in [1.29, 1.82) is 5.26 Å². The van der Waals surface area contributed by atoms with Crippen LogP contribution < -0.4 is 0 Å². The molecule has 0 bridgehead atoms. The number of fused-ring (bicyclic) bond motifs is 2. The van der Waals surface area contributed by atoms with E-state index in [2.05, 4.69) is 16.0 Å². The van der Waals surface area contributed by atoms with E-state index in [1.807, 2.05) is 55.5 Å². The number of imidazole rings is 1. The minimum atomic E-state index is 0.137. The van der Waals surface area contributed by atoms with Crippen LogP contribution in [0, 0.1) is 18.3 Å². The Kier molecular flexibility index (Phi) is 3.48. The number of allylic oxidation sites excluding steroid dienone is 1. The average Bonchev–Trinajstić information content (AvgIpc) is 3.04. The third kappa shape index (κ3) is 2.62. The van der Waals surface area contributed by atoms with E-state index < -0.39 is 0 Å². The molecule has 0 radical (unpaired) electrons. The quantitative estimate of drug-likeness (QED) is 0.520. The first kappa shape index (κ1) is 15.0. The van der Waals surface area contributed by atoms with Crippen molar-refractivity contribution in [2.75, 3.05) is 0 Å². The number of nitriles is 1. The fourth-order valence-electron chi connectivity index (χ4n) is 2.98. The number of aromatic hydroxyl groups is 1. The molecule has 0 aliphatic heterocycles. The second kappa shape index (κ2) is 5.81. The molecule has 3 aromatic carbocycles. The molecule has 4 heteroatoms. The lowest BCUT2D eigenvalue weighted by atomic mass is 10.0. The molecule has 4 rings (SSSR count). The van der Waals surface area contributed by atoms with Gasteiger partial charge in [-0.1, -0.05) is 36.4 Å². The Labute approximate surface area is 144 Å². The molecule has 0 atom stereocenters. The van der Waals surface area contributed by atoms with Crippen LogP contribution in [-0.2, 0) is 0 Å². The molecule has 1 heterocycles. The van der Waals surface area contributed by atoms with Crippen LogP contribution in [-0.4, -0.2) is 15.1 Å². The van der Waals surface area contributed by atoms with E-state index in [0.717, 1.165) is 27.4 Å². The number of rotatable bonds is 2. The number of benzene rings is 3. The largest absolute Gasteiger partial charge is 0.507 e. The van der Waals surface area contributed by atoms with E-state index in [1.165, 1.54) is 0 Å². The summed E-state index contributed by atoms with van der Waals surface area (Å²) in [5, 5.41) is 21.8. The molecular weight excluding hydrogens is 310 g/mol. The van der Waals surface area contributed by atoms with E-state index in [1.54, 1.807) is 12.1 Å². The van der Waals surface area contributed by atoms with Crippen molar-refractivity contribution in [3.8, 4) is 11.8 Å². The van der Waals surface area contributed by atoms with Crippen LogP contribution in [0.25, 0.3) is 33.5 Å². The van der Waals surface area contributed by atoms with Crippen LogP contribution in [0.5, 0.6) is 5.75 Å². The van der Waals surface area contributed by atoms with Crippen LogP contribution in [0.15, 0.2) is 54.6 Å². The summed E-state index contributed by atoms with van der Waals surface area (Å²) in [6.45, 7) is 2.01. The van der Waals surface area contributed by atoms with Crippen molar-refractivity contribution >= 4 is 33.5 Å². The number of nitrogens with one attached hydrogen (secondary N) is 1. The van der Waals surface area contributed by atoms with E-state index >= 15 is 0 Å². The SMILES string of the molecule is Cc1ccc2nc(C(C#N)=Cc3c(O)ccc4ccccc34)[nH]c2c1. The molecule has 4 aromatic rings. The molecule has 120 valence electrons. The summed E-state index contributed by atoms with van der Waals surface area (Å²) in [7, 11) is 0. The molecule has 0 aliphatic rings. The van der Waals surface area contributed by atoms with Crippen LogP contribution in [0.4, 0.5) is 0 Å². The number of H-pyrrole nitrogens is 1. The predicted molar refractivity (Wildman–Crippen MR) is 99.9 cm³/mol. The average molecular weight is 325 g/mol. The normalized spacial score (nSPS) is 11.8. The molecule has 4 nitrogen and oxygen atoms in total. The van der Waals surface area contributed by atoms with Gasteiger partial charge in [0.1, 0.15) is 17.6 Å². The molecule has 0 saturated carbocycles. The first-order valence-electron chi connectivity index (χ1n) is 7.95. The topological polar surface area (TPSA) is 72.7 Å². The molecule has 1 aromatic heterocycles. The van der Waals surface area contributed by atoms with Crippen molar-refractivity contribution in [2.24, 2.45) is 0 Å². The summed E-state index contributed by atoms with van der Waals surface area (Å²) in [6, 6.07) is 19.4. The summed E-state index contributed by atoms with van der Waals surface area (Å²) in [4.78, 5) is 7.69. The van der Waals surface area contributed by atoms with E-state index in [0.29, 0.717) is 17.0 Å². The molecule has 0 unspecified atom stereocenters. The maximum absolute atomic E-state index is 10.3. The van der Waals surface area contributed by atoms with Gasteiger partial charge < -0.3 is 10.1 Å². The Morgan fingerprint density at radius 1 is 1.16 bits per heavy atom. The van der Waals surface area contributed by atoms with Gasteiger partial charge in [0.05, 0.1) is 16.6 Å². The minimum absolute atomic E-state index is 0.137. The number of hydrogen-bond acceptors (Lipinski definition) is 3. The zero-order chi connectivity index (χ0) is 17.4. The van der Waals surface area contributed by atoms with Gasteiger partial charge in [-0.15, -0.1) is 0 Å². The number of aromatic amines is 1. The molecule has 0 amide bonds. The van der Waals surface area contributed by atoms with Crippen LogP contribution >= 0.6 is 0 Å². The van der Waals surface area contributed by atoms with Crippen molar-refractivity contribution in [3.05, 3.63) is 71.5 Å². The summed E-state index contributed by atoms with van der Waals surface area (Å²) in [5.41, 5.74) is 3.81. The molecule has 0 saturated heterocycles. The first-order chi connectivity index (χ1) is 12.2. The number of aromatic nitrogens is 2. The third-order valence-electron chi connectivity index (χ3n) is 4.25. The molecular formula is C21H15N3O. The lowest BCUT2D eigenvalue weighted by Gasteiger charge is -2.05. The third-order valence-corrected chi connectivity index (χ3v) is 4.25. The van der Waals surface area contributed by atoms with Crippen molar-refractivity contribution < 1.29 is 5.11 Å². The first-order valence-corrected chi connectivity index (χ1v) is 7.95. The Morgan fingerprint density at radius 3 is 2.84 bits per heavy atom. The second-order valence-corrected chi connectivity index (χ2v) is 6.00. The highest BCUT2D eigenvalue weighted by Gasteiger charge is 2.11. The van der Waals surface area contributed by atoms with Gasteiger partial charge in [-0.3, -0.25) is 0 Å². The van der Waals surface area contributed by atoms with Gasteiger partial charge in [0.2, 0.25) is 0 Å². The lowest BCUT2D eigenvalue weighted by Crippen LogP contribution is -1.87. The Bertz CT molecular complexity index is 1180. The second-order valence-electron chi connectivity index (χ2n) is 6.00. The fraction of sp³-hybridized carbons (Fsp3) is 0.0476. The van der Waals surface area contributed by atoms with Crippen molar-refractivity contribution in [3.63, 3.8) is 0 Å². The number of phenols is 1. The Hall–Kier alpha value is -3.58. The van der Waals surface area contributed by atoms with E-state index in [9.17, 15) is 10.4 Å². The molecule has 0 fully saturated rings. The molecule has 0 spiro atoms. The maximum atomic E-state index is 10.3. The van der Waals surface area contributed by atoms with Gasteiger partial charge >= 0.3 is 0 Å². The summed E-state index contributed by atoms with van der Waals surface area (Å²) in [5.74, 6) is 0.633. The van der Waals surface area contributed by atoms with Gasteiger partial charge in [0.25, 0.3) is 0 Å². The number of aryl methyl sites for hydroxylation is 1. The summed E-state index contributed by atoms with van der Waals surface area (Å²) < 4.78 is 0. The molecule has 0 aliphatic carbocycles. The lowest BCUT2D eigenvalue weighted by molar-refractivity contribution is 0.475. The maximum Gasteiger partial charge on any atom is 0.149 e. The zero-order valence-electron chi connectivity index (χ0n) is 13.6. The summed E-state index contributed by atoms with van der Waals surface area (Å²) >= 11 is 0. The zero-order valence-corrected chi connectivity index (χ0v) is 13.6. The predicted octanol–water partition coefficient (Wildman–Crippen LogP) is 4.79. The Balaban J connectivity index is 1.91. The fourth-order valence-corrected chi connectivity index (χ4v) is 2.98.